The molecule has 8 heteroatoms. The van der Waals surface area contributed by atoms with E-state index in [-0.39, 0.29) is 18.4 Å². The van der Waals surface area contributed by atoms with Crippen molar-refractivity contribution in [3.8, 4) is 5.75 Å². The normalized spacial score (nSPS) is 12.3. The van der Waals surface area contributed by atoms with Crippen molar-refractivity contribution in [3.63, 3.8) is 0 Å². The molecule has 1 N–H and O–H groups in total. The predicted octanol–water partition coefficient (Wildman–Crippen LogP) is 3.76. The summed E-state index contributed by atoms with van der Waals surface area (Å²) in [6, 6.07) is 4.38. The third kappa shape index (κ3) is 4.84. The monoisotopic (exact) mass is 357 g/mol. The minimum Gasteiger partial charge on any atom is -0.482 e. The van der Waals surface area contributed by atoms with E-state index in [1.54, 1.807) is 25.1 Å². The average molecular weight is 358 g/mol. The molecule has 0 aliphatic rings. The van der Waals surface area contributed by atoms with E-state index < -0.39 is 6.04 Å². The molecule has 1 amide bonds. The van der Waals surface area contributed by atoms with Crippen molar-refractivity contribution in [1.82, 2.24) is 15.5 Å². The summed E-state index contributed by atoms with van der Waals surface area (Å²) in [6.07, 6.45) is 0. The highest BCUT2D eigenvalue weighted by atomic mass is 35.5. The summed E-state index contributed by atoms with van der Waals surface area (Å²) in [6.45, 7) is 5.49. The number of nitrogens with one attached hydrogen (secondary N) is 1. The maximum absolute atomic E-state index is 11.9. The second-order valence-electron chi connectivity index (χ2n) is 5.30. The molecule has 0 saturated heterocycles. The van der Waals surface area contributed by atoms with E-state index in [0.29, 0.717) is 27.5 Å². The number of carbonyl (C=O) groups excluding carboxylic acids is 1. The Morgan fingerprint density at radius 1 is 1.35 bits per heavy atom. The number of carbonyl (C=O) groups is 1. The van der Waals surface area contributed by atoms with Crippen LogP contribution in [-0.2, 0) is 4.79 Å². The molecule has 0 aliphatic heterocycles. The van der Waals surface area contributed by atoms with Gasteiger partial charge in [0, 0.05) is 10.9 Å². The first kappa shape index (κ1) is 17.6. The highest BCUT2D eigenvalue weighted by Crippen LogP contribution is 2.27. The van der Waals surface area contributed by atoms with Gasteiger partial charge in [-0.3, -0.25) is 4.79 Å². The Bertz CT molecular complexity index is 688. The average Bonchev–Trinajstić information content (AvgIpc) is 2.96. The van der Waals surface area contributed by atoms with Crippen LogP contribution in [0.25, 0.3) is 0 Å². The maximum atomic E-state index is 11.9. The Labute approximate surface area is 144 Å². The van der Waals surface area contributed by atoms with Crippen LogP contribution in [-0.4, -0.2) is 22.7 Å². The van der Waals surface area contributed by atoms with Gasteiger partial charge in [-0.15, -0.1) is 0 Å². The number of benzene rings is 1. The van der Waals surface area contributed by atoms with Gasteiger partial charge < -0.3 is 14.6 Å². The zero-order chi connectivity index (χ0) is 17.0. The minimum atomic E-state index is -0.410. The molecule has 1 aromatic heterocycles. The lowest BCUT2D eigenvalue weighted by molar-refractivity contribution is -0.123. The number of amides is 1. The SMILES string of the molecule is CC(C)c1noc(C(C)NC(=O)COc2ccc(Cl)cc2Cl)n1. The zero-order valence-electron chi connectivity index (χ0n) is 13.0. The van der Waals surface area contributed by atoms with Gasteiger partial charge in [0.25, 0.3) is 5.91 Å². The highest BCUT2D eigenvalue weighted by molar-refractivity contribution is 6.35. The van der Waals surface area contributed by atoms with Crippen molar-refractivity contribution < 1.29 is 14.1 Å². The molecule has 0 spiro atoms. The molecule has 2 aromatic rings. The molecule has 0 radical (unpaired) electrons. The summed E-state index contributed by atoms with van der Waals surface area (Å²) in [5, 5.41) is 7.42. The molecule has 6 nitrogen and oxygen atoms in total. The Hall–Kier alpha value is -1.79. The third-order valence-corrected chi connectivity index (χ3v) is 3.50. The van der Waals surface area contributed by atoms with Crippen LogP contribution in [0.15, 0.2) is 22.7 Å². The predicted molar refractivity (Wildman–Crippen MR) is 86.9 cm³/mol. The first-order valence-electron chi connectivity index (χ1n) is 7.07. The van der Waals surface area contributed by atoms with Gasteiger partial charge in [0.1, 0.15) is 11.8 Å². The van der Waals surface area contributed by atoms with Crippen molar-refractivity contribution >= 4 is 29.1 Å². The Morgan fingerprint density at radius 3 is 2.70 bits per heavy atom. The van der Waals surface area contributed by atoms with E-state index in [1.807, 2.05) is 13.8 Å². The molecule has 0 bridgehead atoms. The van der Waals surface area contributed by atoms with E-state index in [4.69, 9.17) is 32.5 Å². The lowest BCUT2D eigenvalue weighted by Crippen LogP contribution is -2.31. The van der Waals surface area contributed by atoms with Crippen LogP contribution in [0, 0.1) is 0 Å². The topological polar surface area (TPSA) is 77.2 Å². The van der Waals surface area contributed by atoms with Gasteiger partial charge in [-0.25, -0.2) is 0 Å². The molecule has 1 heterocycles. The number of hydrogen-bond acceptors (Lipinski definition) is 5. The fourth-order valence-electron chi connectivity index (χ4n) is 1.74. The second kappa shape index (κ2) is 7.66. The van der Waals surface area contributed by atoms with Gasteiger partial charge in [0.2, 0.25) is 5.89 Å². The Morgan fingerprint density at radius 2 is 2.09 bits per heavy atom. The fourth-order valence-corrected chi connectivity index (χ4v) is 2.20. The molecule has 0 saturated carbocycles. The van der Waals surface area contributed by atoms with Crippen molar-refractivity contribution in [2.45, 2.75) is 32.7 Å². The standard InChI is InChI=1S/C15H17Cl2N3O3/c1-8(2)14-19-15(23-20-14)9(3)18-13(21)7-22-12-5-4-10(16)6-11(12)17/h4-6,8-9H,7H2,1-3H3,(H,18,21). The lowest BCUT2D eigenvalue weighted by atomic mass is 10.2. The van der Waals surface area contributed by atoms with Crippen molar-refractivity contribution in [2.24, 2.45) is 0 Å². The number of ether oxygens (including phenoxy) is 1. The summed E-state index contributed by atoms with van der Waals surface area (Å²) in [5.41, 5.74) is 0. The summed E-state index contributed by atoms with van der Waals surface area (Å²) < 4.78 is 10.5. The van der Waals surface area contributed by atoms with Crippen LogP contribution in [0.4, 0.5) is 0 Å². The van der Waals surface area contributed by atoms with Crippen LogP contribution >= 0.6 is 23.2 Å². The number of rotatable bonds is 6. The van der Waals surface area contributed by atoms with E-state index >= 15 is 0 Å². The molecule has 1 unspecified atom stereocenters. The van der Waals surface area contributed by atoms with E-state index in [1.165, 1.54) is 0 Å². The van der Waals surface area contributed by atoms with Gasteiger partial charge in [0.05, 0.1) is 5.02 Å². The molecule has 1 aromatic carbocycles. The van der Waals surface area contributed by atoms with Gasteiger partial charge >= 0.3 is 0 Å². The summed E-state index contributed by atoms with van der Waals surface area (Å²) in [7, 11) is 0. The van der Waals surface area contributed by atoms with Crippen molar-refractivity contribution in [2.75, 3.05) is 6.61 Å². The summed E-state index contributed by atoms with van der Waals surface area (Å²) in [5.74, 6) is 1.18. The van der Waals surface area contributed by atoms with Crippen LogP contribution in [0.1, 0.15) is 44.4 Å². The summed E-state index contributed by atoms with van der Waals surface area (Å²) >= 11 is 11.8. The Balaban J connectivity index is 1.88. The molecule has 23 heavy (non-hydrogen) atoms. The maximum Gasteiger partial charge on any atom is 0.258 e. The number of nitrogens with zero attached hydrogens (tertiary/aromatic N) is 2. The quantitative estimate of drug-likeness (QED) is 0.851. The number of aromatic nitrogens is 2. The fraction of sp³-hybridized carbons (Fsp3) is 0.400. The molecular formula is C15H17Cl2N3O3. The Kier molecular flexibility index (Phi) is 5.85. The van der Waals surface area contributed by atoms with Crippen molar-refractivity contribution in [1.29, 1.82) is 0 Å². The first-order valence-corrected chi connectivity index (χ1v) is 7.83. The molecule has 0 fully saturated rings. The van der Waals surface area contributed by atoms with Gasteiger partial charge in [0.15, 0.2) is 12.4 Å². The van der Waals surface area contributed by atoms with Crippen molar-refractivity contribution in [3.05, 3.63) is 40.0 Å². The van der Waals surface area contributed by atoms with Gasteiger partial charge in [-0.2, -0.15) is 4.98 Å². The van der Waals surface area contributed by atoms with Gasteiger partial charge in [-0.05, 0) is 25.1 Å². The molecular weight excluding hydrogens is 341 g/mol. The smallest absolute Gasteiger partial charge is 0.258 e. The number of hydrogen-bond donors (Lipinski definition) is 1. The lowest BCUT2D eigenvalue weighted by Gasteiger charge is -2.11. The first-order chi connectivity index (χ1) is 10.9. The molecule has 2 rings (SSSR count). The van der Waals surface area contributed by atoms with E-state index in [2.05, 4.69) is 15.5 Å². The van der Waals surface area contributed by atoms with Crippen LogP contribution in [0.2, 0.25) is 10.0 Å². The number of halogens is 2. The third-order valence-electron chi connectivity index (χ3n) is 2.97. The largest absolute Gasteiger partial charge is 0.482 e. The van der Waals surface area contributed by atoms with Gasteiger partial charge in [-0.1, -0.05) is 42.2 Å². The molecule has 0 aliphatic carbocycles. The van der Waals surface area contributed by atoms with E-state index in [0.717, 1.165) is 0 Å². The zero-order valence-corrected chi connectivity index (χ0v) is 14.5. The highest BCUT2D eigenvalue weighted by Gasteiger charge is 2.18. The molecule has 124 valence electrons. The second-order valence-corrected chi connectivity index (χ2v) is 6.14. The van der Waals surface area contributed by atoms with Crippen LogP contribution < -0.4 is 10.1 Å². The summed E-state index contributed by atoms with van der Waals surface area (Å²) in [4.78, 5) is 16.2. The van der Waals surface area contributed by atoms with E-state index in [9.17, 15) is 4.79 Å². The van der Waals surface area contributed by atoms with Crippen LogP contribution in [0.3, 0.4) is 0 Å². The van der Waals surface area contributed by atoms with Crippen LogP contribution in [0.5, 0.6) is 5.75 Å². The molecule has 1 atom stereocenters. The minimum absolute atomic E-state index is 0.158.